The largest absolute Gasteiger partial charge is 0.467 e. The predicted octanol–water partition coefficient (Wildman–Crippen LogP) is 2.29. The SMILES string of the molecule is OC(c1ccco1)C1CCOC2(CCOCC2)C1. The lowest BCUT2D eigenvalue weighted by Crippen LogP contribution is -2.45. The molecule has 0 bridgehead atoms. The van der Waals surface area contributed by atoms with E-state index in [-0.39, 0.29) is 11.5 Å². The fourth-order valence-corrected chi connectivity index (χ4v) is 3.12. The topological polar surface area (TPSA) is 51.8 Å². The summed E-state index contributed by atoms with van der Waals surface area (Å²) in [7, 11) is 0. The van der Waals surface area contributed by atoms with Gasteiger partial charge in [-0.3, -0.25) is 0 Å². The fourth-order valence-electron chi connectivity index (χ4n) is 3.12. The summed E-state index contributed by atoms with van der Waals surface area (Å²) < 4.78 is 16.7. The van der Waals surface area contributed by atoms with Crippen molar-refractivity contribution in [1.29, 1.82) is 0 Å². The van der Waals surface area contributed by atoms with Crippen molar-refractivity contribution in [1.82, 2.24) is 0 Å². The first-order valence-corrected chi connectivity index (χ1v) is 6.72. The molecule has 4 nitrogen and oxygen atoms in total. The zero-order valence-corrected chi connectivity index (χ0v) is 10.5. The summed E-state index contributed by atoms with van der Waals surface area (Å²) in [5, 5.41) is 10.4. The Labute approximate surface area is 107 Å². The highest BCUT2D eigenvalue weighted by Gasteiger charge is 2.41. The molecule has 100 valence electrons. The summed E-state index contributed by atoms with van der Waals surface area (Å²) in [5.74, 6) is 0.895. The van der Waals surface area contributed by atoms with Gasteiger partial charge in [0.1, 0.15) is 11.9 Å². The third-order valence-electron chi connectivity index (χ3n) is 4.22. The van der Waals surface area contributed by atoms with Crippen LogP contribution in [0.1, 0.15) is 37.5 Å². The monoisotopic (exact) mass is 252 g/mol. The summed E-state index contributed by atoms with van der Waals surface area (Å²) in [6.45, 7) is 2.26. The maximum Gasteiger partial charge on any atom is 0.132 e. The number of aliphatic hydroxyl groups excluding tert-OH is 1. The van der Waals surface area contributed by atoms with E-state index >= 15 is 0 Å². The first kappa shape index (κ1) is 12.2. The first-order valence-electron chi connectivity index (χ1n) is 6.72. The summed E-state index contributed by atoms with van der Waals surface area (Å²) >= 11 is 0. The van der Waals surface area contributed by atoms with E-state index in [9.17, 15) is 5.11 Å². The quantitative estimate of drug-likeness (QED) is 0.877. The van der Waals surface area contributed by atoms with Crippen molar-refractivity contribution >= 4 is 0 Å². The molecule has 0 aromatic carbocycles. The van der Waals surface area contributed by atoms with Crippen LogP contribution in [0.5, 0.6) is 0 Å². The van der Waals surface area contributed by atoms with Crippen molar-refractivity contribution in [3.8, 4) is 0 Å². The van der Waals surface area contributed by atoms with Gasteiger partial charge in [0, 0.05) is 19.8 Å². The van der Waals surface area contributed by atoms with Gasteiger partial charge in [-0.25, -0.2) is 0 Å². The molecule has 4 heteroatoms. The molecule has 2 aliphatic rings. The van der Waals surface area contributed by atoms with Gasteiger partial charge < -0.3 is 19.0 Å². The molecule has 2 unspecified atom stereocenters. The molecule has 1 aromatic heterocycles. The number of hydrogen-bond donors (Lipinski definition) is 1. The summed E-state index contributed by atoms with van der Waals surface area (Å²) in [6.07, 6.45) is 4.77. The van der Waals surface area contributed by atoms with Crippen molar-refractivity contribution in [3.05, 3.63) is 24.2 Å². The van der Waals surface area contributed by atoms with Crippen LogP contribution in [-0.4, -0.2) is 30.5 Å². The smallest absolute Gasteiger partial charge is 0.132 e. The Kier molecular flexibility index (Phi) is 3.41. The number of rotatable bonds is 2. The molecule has 0 saturated carbocycles. The van der Waals surface area contributed by atoms with E-state index in [0.717, 1.165) is 45.5 Å². The van der Waals surface area contributed by atoms with Gasteiger partial charge in [0.2, 0.25) is 0 Å². The molecular weight excluding hydrogens is 232 g/mol. The highest BCUT2D eigenvalue weighted by atomic mass is 16.5. The van der Waals surface area contributed by atoms with Gasteiger partial charge in [-0.1, -0.05) is 0 Å². The van der Waals surface area contributed by atoms with E-state index in [1.165, 1.54) is 0 Å². The summed E-state index contributed by atoms with van der Waals surface area (Å²) in [4.78, 5) is 0. The Bertz CT molecular complexity index is 362. The molecule has 2 fully saturated rings. The normalized spacial score (nSPS) is 29.3. The van der Waals surface area contributed by atoms with Crippen molar-refractivity contribution in [2.45, 2.75) is 37.4 Å². The molecule has 3 rings (SSSR count). The van der Waals surface area contributed by atoms with Crippen LogP contribution in [-0.2, 0) is 9.47 Å². The van der Waals surface area contributed by atoms with Gasteiger partial charge >= 0.3 is 0 Å². The van der Waals surface area contributed by atoms with Crippen LogP contribution in [0.15, 0.2) is 22.8 Å². The Morgan fingerprint density at radius 3 is 2.83 bits per heavy atom. The predicted molar refractivity (Wildman–Crippen MR) is 65.1 cm³/mol. The van der Waals surface area contributed by atoms with Crippen LogP contribution >= 0.6 is 0 Å². The van der Waals surface area contributed by atoms with Crippen molar-refractivity contribution in [2.75, 3.05) is 19.8 Å². The van der Waals surface area contributed by atoms with Crippen molar-refractivity contribution < 1.29 is 19.0 Å². The average molecular weight is 252 g/mol. The molecule has 18 heavy (non-hydrogen) atoms. The lowest BCUT2D eigenvalue weighted by atomic mass is 9.78. The van der Waals surface area contributed by atoms with Crippen molar-refractivity contribution in [3.63, 3.8) is 0 Å². The molecule has 0 aliphatic carbocycles. The molecule has 1 N–H and O–H groups in total. The van der Waals surface area contributed by atoms with Gasteiger partial charge in [-0.05, 0) is 43.7 Å². The van der Waals surface area contributed by atoms with E-state index in [2.05, 4.69) is 0 Å². The number of furan rings is 1. The number of ether oxygens (including phenoxy) is 2. The number of aliphatic hydroxyl groups is 1. The van der Waals surface area contributed by atoms with Crippen LogP contribution in [0, 0.1) is 5.92 Å². The molecule has 3 heterocycles. The lowest BCUT2D eigenvalue weighted by Gasteiger charge is -2.44. The van der Waals surface area contributed by atoms with Crippen LogP contribution in [0.3, 0.4) is 0 Å². The molecule has 1 aromatic rings. The molecule has 1 spiro atoms. The third-order valence-corrected chi connectivity index (χ3v) is 4.22. The van der Waals surface area contributed by atoms with Gasteiger partial charge in [-0.2, -0.15) is 0 Å². The molecule has 2 aliphatic heterocycles. The van der Waals surface area contributed by atoms with Gasteiger partial charge in [-0.15, -0.1) is 0 Å². The minimum absolute atomic E-state index is 0.0747. The zero-order valence-electron chi connectivity index (χ0n) is 10.5. The van der Waals surface area contributed by atoms with E-state index in [0.29, 0.717) is 5.76 Å². The minimum atomic E-state index is -0.511. The van der Waals surface area contributed by atoms with Crippen LogP contribution in [0.4, 0.5) is 0 Å². The third kappa shape index (κ3) is 2.32. The van der Waals surface area contributed by atoms with Crippen LogP contribution in [0.2, 0.25) is 0 Å². The van der Waals surface area contributed by atoms with E-state index in [1.807, 2.05) is 12.1 Å². The van der Waals surface area contributed by atoms with Gasteiger partial charge in [0.25, 0.3) is 0 Å². The Morgan fingerprint density at radius 2 is 2.11 bits per heavy atom. The van der Waals surface area contributed by atoms with E-state index in [1.54, 1.807) is 6.26 Å². The summed E-state index contributed by atoms with van der Waals surface area (Å²) in [5.41, 5.74) is -0.0747. The second-order valence-electron chi connectivity index (χ2n) is 5.36. The van der Waals surface area contributed by atoms with Gasteiger partial charge in [0.15, 0.2) is 0 Å². The van der Waals surface area contributed by atoms with Crippen molar-refractivity contribution in [2.24, 2.45) is 5.92 Å². The fraction of sp³-hybridized carbons (Fsp3) is 0.714. The molecule has 0 amide bonds. The maximum absolute atomic E-state index is 10.4. The zero-order chi connectivity index (χ0) is 12.4. The Balaban J connectivity index is 1.70. The van der Waals surface area contributed by atoms with E-state index < -0.39 is 6.10 Å². The molecule has 2 atom stereocenters. The van der Waals surface area contributed by atoms with E-state index in [4.69, 9.17) is 13.9 Å². The Morgan fingerprint density at radius 1 is 1.28 bits per heavy atom. The molecule has 2 saturated heterocycles. The standard InChI is InChI=1S/C14H20O4/c15-13(12-2-1-6-17-12)11-3-7-18-14(10-11)4-8-16-9-5-14/h1-2,6,11,13,15H,3-5,7-10H2. The molecular formula is C14H20O4. The highest BCUT2D eigenvalue weighted by molar-refractivity contribution is 5.05. The summed E-state index contributed by atoms with van der Waals surface area (Å²) in [6, 6.07) is 3.67. The highest BCUT2D eigenvalue weighted by Crippen LogP contribution is 2.41. The average Bonchev–Trinajstić information content (AvgIpc) is 2.93. The van der Waals surface area contributed by atoms with Crippen LogP contribution < -0.4 is 0 Å². The Hall–Kier alpha value is -0.840. The first-order chi connectivity index (χ1) is 8.79. The number of hydrogen-bond acceptors (Lipinski definition) is 4. The lowest BCUT2D eigenvalue weighted by molar-refractivity contribution is -0.160. The molecule has 0 radical (unpaired) electrons. The van der Waals surface area contributed by atoms with Gasteiger partial charge in [0.05, 0.1) is 11.9 Å². The second kappa shape index (κ2) is 5.03. The van der Waals surface area contributed by atoms with Crippen LogP contribution in [0.25, 0.3) is 0 Å². The second-order valence-corrected chi connectivity index (χ2v) is 5.36. The maximum atomic E-state index is 10.4. The minimum Gasteiger partial charge on any atom is -0.467 e.